The summed E-state index contributed by atoms with van der Waals surface area (Å²) in [6, 6.07) is 9.69. The van der Waals surface area contributed by atoms with E-state index in [1.165, 1.54) is 0 Å². The Balaban J connectivity index is 1.27. The predicted molar refractivity (Wildman–Crippen MR) is 142 cm³/mol. The van der Waals surface area contributed by atoms with Crippen molar-refractivity contribution >= 4 is 12.1 Å². The molecule has 0 aliphatic carbocycles. The summed E-state index contributed by atoms with van der Waals surface area (Å²) in [5, 5.41) is 8.48. The Hall–Kier alpha value is -2.32. The number of hydrogen-bond donors (Lipinski definition) is 1. The van der Waals surface area contributed by atoms with Gasteiger partial charge in [0.25, 0.3) is 0 Å². The zero-order valence-electron chi connectivity index (χ0n) is 22.8. The monoisotopic (exact) mass is 556 g/mol. The van der Waals surface area contributed by atoms with E-state index in [2.05, 4.69) is 4.90 Å². The summed E-state index contributed by atoms with van der Waals surface area (Å²) in [4.78, 5) is 26.6. The summed E-state index contributed by atoms with van der Waals surface area (Å²) >= 11 is 0. The first-order valence-corrected chi connectivity index (χ1v) is 13.5. The zero-order valence-corrected chi connectivity index (χ0v) is 22.8. The van der Waals surface area contributed by atoms with Crippen molar-refractivity contribution in [2.75, 3.05) is 112 Å². The normalized spacial score (nSPS) is 14.0. The van der Waals surface area contributed by atoms with Crippen LogP contribution in [0.4, 0.5) is 4.79 Å². The molecule has 1 amide bonds. The summed E-state index contributed by atoms with van der Waals surface area (Å²) < 4.78 is 37.8. The van der Waals surface area contributed by atoms with E-state index in [-0.39, 0.29) is 19.1 Å². The van der Waals surface area contributed by atoms with Crippen LogP contribution in [0, 0.1) is 0 Å². The lowest BCUT2D eigenvalue weighted by molar-refractivity contribution is -0.138. The molecule has 1 saturated heterocycles. The topological polar surface area (TPSA) is 125 Å². The molecule has 0 bridgehead atoms. The first-order valence-electron chi connectivity index (χ1n) is 13.5. The quantitative estimate of drug-likeness (QED) is 0.197. The number of carbonyl (C=O) groups is 2. The van der Waals surface area contributed by atoms with Crippen LogP contribution in [0.15, 0.2) is 30.3 Å². The van der Waals surface area contributed by atoms with E-state index in [4.69, 9.17) is 38.3 Å². The molecule has 1 aliphatic rings. The van der Waals surface area contributed by atoms with Gasteiger partial charge in [0.1, 0.15) is 6.61 Å². The zero-order chi connectivity index (χ0) is 27.8. The van der Waals surface area contributed by atoms with Gasteiger partial charge in [-0.1, -0.05) is 30.3 Å². The Kier molecular flexibility index (Phi) is 19.0. The summed E-state index contributed by atoms with van der Waals surface area (Å²) in [5.41, 5.74) is 0.985. The molecular weight excluding hydrogens is 512 g/mol. The number of nitrogens with zero attached hydrogens (tertiary/aromatic N) is 2. The van der Waals surface area contributed by atoms with Crippen LogP contribution in [-0.2, 0) is 44.6 Å². The smallest absolute Gasteiger partial charge is 0.410 e. The molecule has 0 aromatic heterocycles. The standard InChI is InChI=1S/C27H44N2O10/c30-26(31)6-12-33-14-16-35-18-20-37-22-23-38-21-19-36-17-15-34-13-11-28-7-9-29(10-8-28)27(32)39-24-25-4-2-1-3-5-25/h1-5H,6-24H2,(H,30,31). The molecule has 12 heteroatoms. The molecular formula is C27H44N2O10. The summed E-state index contributed by atoms with van der Waals surface area (Å²) in [7, 11) is 0. The Morgan fingerprint density at radius 1 is 0.641 bits per heavy atom. The van der Waals surface area contributed by atoms with E-state index in [9.17, 15) is 9.59 Å². The molecule has 12 nitrogen and oxygen atoms in total. The van der Waals surface area contributed by atoms with Gasteiger partial charge in [-0.15, -0.1) is 0 Å². The van der Waals surface area contributed by atoms with Crippen LogP contribution in [0.5, 0.6) is 0 Å². The second-order valence-electron chi connectivity index (χ2n) is 8.69. The van der Waals surface area contributed by atoms with Gasteiger partial charge in [0.15, 0.2) is 0 Å². The number of carbonyl (C=O) groups excluding carboxylic acids is 1. The van der Waals surface area contributed by atoms with E-state index in [0.29, 0.717) is 92.4 Å². The number of rotatable bonds is 23. The van der Waals surface area contributed by atoms with E-state index >= 15 is 0 Å². The van der Waals surface area contributed by atoms with Gasteiger partial charge in [-0.25, -0.2) is 4.79 Å². The highest BCUT2D eigenvalue weighted by molar-refractivity contribution is 5.67. The van der Waals surface area contributed by atoms with Gasteiger partial charge < -0.3 is 43.2 Å². The fourth-order valence-corrected chi connectivity index (χ4v) is 3.52. The Labute approximate surface area is 231 Å². The molecule has 0 spiro atoms. The number of ether oxygens (including phenoxy) is 7. The van der Waals surface area contributed by atoms with E-state index in [0.717, 1.165) is 25.2 Å². The number of carboxylic acid groups (broad SMARTS) is 1. The van der Waals surface area contributed by atoms with Gasteiger partial charge in [0.2, 0.25) is 0 Å². The number of benzene rings is 1. The third-order valence-electron chi connectivity index (χ3n) is 5.71. The van der Waals surface area contributed by atoms with Crippen LogP contribution in [0.1, 0.15) is 12.0 Å². The molecule has 0 unspecified atom stereocenters. The van der Waals surface area contributed by atoms with Crippen molar-refractivity contribution in [1.82, 2.24) is 9.80 Å². The van der Waals surface area contributed by atoms with E-state index in [1.54, 1.807) is 4.90 Å². The molecule has 1 aromatic rings. The number of hydrogen-bond acceptors (Lipinski definition) is 10. The van der Waals surface area contributed by atoms with Gasteiger partial charge in [-0.3, -0.25) is 9.69 Å². The van der Waals surface area contributed by atoms with E-state index < -0.39 is 5.97 Å². The summed E-state index contributed by atoms with van der Waals surface area (Å²) in [6.07, 6.45) is -0.261. The van der Waals surface area contributed by atoms with Gasteiger partial charge in [0, 0.05) is 32.7 Å². The molecule has 0 atom stereocenters. The van der Waals surface area contributed by atoms with Crippen molar-refractivity contribution in [3.8, 4) is 0 Å². The molecule has 1 fully saturated rings. The van der Waals surface area contributed by atoms with Crippen molar-refractivity contribution in [2.45, 2.75) is 13.0 Å². The van der Waals surface area contributed by atoms with E-state index in [1.807, 2.05) is 30.3 Å². The number of aliphatic carboxylic acids is 1. The van der Waals surface area contributed by atoms with Crippen molar-refractivity contribution in [3.63, 3.8) is 0 Å². The van der Waals surface area contributed by atoms with Crippen LogP contribution < -0.4 is 0 Å². The average molecular weight is 557 g/mol. The van der Waals surface area contributed by atoms with Gasteiger partial charge in [-0.2, -0.15) is 0 Å². The average Bonchev–Trinajstić information content (AvgIpc) is 2.95. The second kappa shape index (κ2) is 22.5. The van der Waals surface area contributed by atoms with Crippen molar-refractivity contribution in [2.24, 2.45) is 0 Å². The highest BCUT2D eigenvalue weighted by Crippen LogP contribution is 2.07. The molecule has 1 heterocycles. The Morgan fingerprint density at radius 3 is 1.59 bits per heavy atom. The SMILES string of the molecule is O=C(O)CCOCCOCCOCCOCCOCCOCCN1CCN(C(=O)OCc2ccccc2)CC1. The van der Waals surface area contributed by atoms with Crippen LogP contribution in [0.25, 0.3) is 0 Å². The largest absolute Gasteiger partial charge is 0.481 e. The first-order chi connectivity index (χ1) is 19.1. The third-order valence-corrected chi connectivity index (χ3v) is 5.71. The number of piperazine rings is 1. The Morgan fingerprint density at radius 2 is 1.10 bits per heavy atom. The van der Waals surface area contributed by atoms with Crippen molar-refractivity contribution in [1.29, 1.82) is 0 Å². The van der Waals surface area contributed by atoms with Crippen LogP contribution >= 0.6 is 0 Å². The molecule has 1 aliphatic heterocycles. The predicted octanol–water partition coefficient (Wildman–Crippen LogP) is 1.52. The minimum atomic E-state index is -0.873. The van der Waals surface area contributed by atoms with Crippen LogP contribution in [0.3, 0.4) is 0 Å². The summed E-state index contributed by atoms with van der Waals surface area (Å²) in [5.74, 6) is -0.873. The number of amides is 1. The lowest BCUT2D eigenvalue weighted by atomic mass is 10.2. The fraction of sp³-hybridized carbons (Fsp3) is 0.704. The third kappa shape index (κ3) is 17.8. The lowest BCUT2D eigenvalue weighted by Gasteiger charge is -2.33. The molecule has 222 valence electrons. The summed E-state index contributed by atoms with van der Waals surface area (Å²) in [6.45, 7) is 9.53. The first kappa shape index (κ1) is 32.9. The number of carboxylic acids is 1. The van der Waals surface area contributed by atoms with Gasteiger partial charge >= 0.3 is 12.1 Å². The van der Waals surface area contributed by atoms with Gasteiger partial charge in [0.05, 0.1) is 85.7 Å². The second-order valence-corrected chi connectivity index (χ2v) is 8.69. The molecule has 1 aromatic carbocycles. The minimum absolute atomic E-state index is 0.000594. The van der Waals surface area contributed by atoms with Crippen LogP contribution in [-0.4, -0.2) is 139 Å². The van der Waals surface area contributed by atoms with Gasteiger partial charge in [-0.05, 0) is 5.56 Å². The lowest BCUT2D eigenvalue weighted by Crippen LogP contribution is -2.49. The fourth-order valence-electron chi connectivity index (χ4n) is 3.52. The van der Waals surface area contributed by atoms with Crippen molar-refractivity contribution < 1.29 is 47.9 Å². The highest BCUT2D eigenvalue weighted by atomic mass is 16.6. The maximum atomic E-state index is 12.2. The molecule has 2 rings (SSSR count). The van der Waals surface area contributed by atoms with Crippen LogP contribution in [0.2, 0.25) is 0 Å². The highest BCUT2D eigenvalue weighted by Gasteiger charge is 2.21. The molecule has 1 N–H and O–H groups in total. The maximum absolute atomic E-state index is 12.2. The molecule has 0 saturated carbocycles. The van der Waals surface area contributed by atoms with Crippen molar-refractivity contribution in [3.05, 3.63) is 35.9 Å². The molecule has 0 radical (unpaired) electrons. The Bertz CT molecular complexity index is 747. The maximum Gasteiger partial charge on any atom is 0.410 e. The minimum Gasteiger partial charge on any atom is -0.481 e. The molecule has 39 heavy (non-hydrogen) atoms.